The molecule has 0 saturated carbocycles. The standard InChI is InChI=1S/C16H25NO/c1-6-17-10-9-15(18)14-11-13(16(3,4)5)8-7-12(14)2/h7-8,11,17H,6,9-10H2,1-5H3. The van der Waals surface area contributed by atoms with Gasteiger partial charge in [-0.3, -0.25) is 4.79 Å². The van der Waals surface area contributed by atoms with E-state index in [1.54, 1.807) is 0 Å². The number of nitrogens with one attached hydrogen (secondary N) is 1. The summed E-state index contributed by atoms with van der Waals surface area (Å²) in [6, 6.07) is 6.24. The maximum atomic E-state index is 12.2. The molecular formula is C16H25NO. The molecule has 0 aliphatic heterocycles. The van der Waals surface area contributed by atoms with Gasteiger partial charge in [-0.1, -0.05) is 39.8 Å². The fourth-order valence-electron chi connectivity index (χ4n) is 1.90. The lowest BCUT2D eigenvalue weighted by molar-refractivity contribution is 0.0982. The predicted molar refractivity (Wildman–Crippen MR) is 77.4 cm³/mol. The van der Waals surface area contributed by atoms with E-state index in [4.69, 9.17) is 0 Å². The molecule has 2 nitrogen and oxygen atoms in total. The van der Waals surface area contributed by atoms with Gasteiger partial charge < -0.3 is 5.32 Å². The van der Waals surface area contributed by atoms with Crippen molar-refractivity contribution in [3.8, 4) is 0 Å². The lowest BCUT2D eigenvalue weighted by Gasteiger charge is -2.20. The van der Waals surface area contributed by atoms with Crippen molar-refractivity contribution in [2.75, 3.05) is 13.1 Å². The second-order valence-electron chi connectivity index (χ2n) is 5.81. The summed E-state index contributed by atoms with van der Waals surface area (Å²) in [7, 11) is 0. The molecule has 1 aromatic carbocycles. The average Bonchev–Trinajstić information content (AvgIpc) is 2.28. The van der Waals surface area contributed by atoms with E-state index in [0.29, 0.717) is 6.42 Å². The van der Waals surface area contributed by atoms with Gasteiger partial charge in [-0.25, -0.2) is 0 Å². The zero-order valence-electron chi connectivity index (χ0n) is 12.3. The van der Waals surface area contributed by atoms with Crippen LogP contribution in [0.15, 0.2) is 18.2 Å². The van der Waals surface area contributed by atoms with Crippen LogP contribution >= 0.6 is 0 Å². The van der Waals surface area contributed by atoms with E-state index in [1.807, 2.05) is 6.92 Å². The van der Waals surface area contributed by atoms with Gasteiger partial charge in [0.15, 0.2) is 5.78 Å². The largest absolute Gasteiger partial charge is 0.317 e. The van der Waals surface area contributed by atoms with Gasteiger partial charge in [0.1, 0.15) is 0 Å². The van der Waals surface area contributed by atoms with Gasteiger partial charge in [0.25, 0.3) is 0 Å². The van der Waals surface area contributed by atoms with E-state index >= 15 is 0 Å². The normalized spacial score (nSPS) is 11.6. The van der Waals surface area contributed by atoms with Gasteiger partial charge in [-0.2, -0.15) is 0 Å². The summed E-state index contributed by atoms with van der Waals surface area (Å²) >= 11 is 0. The first-order chi connectivity index (χ1) is 8.36. The summed E-state index contributed by atoms with van der Waals surface area (Å²) in [6.07, 6.45) is 0.572. The minimum Gasteiger partial charge on any atom is -0.317 e. The molecule has 1 aromatic rings. The number of benzene rings is 1. The van der Waals surface area contributed by atoms with Gasteiger partial charge in [0.05, 0.1) is 0 Å². The zero-order valence-corrected chi connectivity index (χ0v) is 12.3. The monoisotopic (exact) mass is 247 g/mol. The number of rotatable bonds is 5. The molecule has 0 unspecified atom stereocenters. The topological polar surface area (TPSA) is 29.1 Å². The van der Waals surface area contributed by atoms with E-state index in [-0.39, 0.29) is 11.2 Å². The Hall–Kier alpha value is -1.15. The van der Waals surface area contributed by atoms with Crippen LogP contribution in [0.2, 0.25) is 0 Å². The highest BCUT2D eigenvalue weighted by molar-refractivity contribution is 5.97. The van der Waals surface area contributed by atoms with Crippen molar-refractivity contribution in [1.82, 2.24) is 5.32 Å². The average molecular weight is 247 g/mol. The summed E-state index contributed by atoms with van der Waals surface area (Å²) in [4.78, 5) is 12.2. The summed E-state index contributed by atoms with van der Waals surface area (Å²) in [5.41, 5.74) is 3.26. The Morgan fingerprint density at radius 3 is 2.50 bits per heavy atom. The number of aryl methyl sites for hydroxylation is 1. The Morgan fingerprint density at radius 1 is 1.28 bits per heavy atom. The second-order valence-corrected chi connectivity index (χ2v) is 5.81. The summed E-state index contributed by atoms with van der Waals surface area (Å²) in [6.45, 7) is 12.2. The minimum atomic E-state index is 0.0877. The van der Waals surface area contributed by atoms with Gasteiger partial charge >= 0.3 is 0 Å². The van der Waals surface area contributed by atoms with Crippen LogP contribution in [0.5, 0.6) is 0 Å². The highest BCUT2D eigenvalue weighted by Crippen LogP contribution is 2.25. The maximum Gasteiger partial charge on any atom is 0.164 e. The molecule has 0 aliphatic rings. The van der Waals surface area contributed by atoms with Crippen molar-refractivity contribution < 1.29 is 4.79 Å². The first-order valence-corrected chi connectivity index (χ1v) is 6.71. The number of hydrogen-bond donors (Lipinski definition) is 1. The van der Waals surface area contributed by atoms with Crippen LogP contribution in [0.3, 0.4) is 0 Å². The summed E-state index contributed by atoms with van der Waals surface area (Å²) in [5, 5.41) is 3.19. The summed E-state index contributed by atoms with van der Waals surface area (Å²) < 4.78 is 0. The number of carbonyl (C=O) groups excluding carboxylic acids is 1. The van der Waals surface area contributed by atoms with Crippen LogP contribution in [0.25, 0.3) is 0 Å². The van der Waals surface area contributed by atoms with Crippen LogP contribution < -0.4 is 5.32 Å². The first-order valence-electron chi connectivity index (χ1n) is 6.71. The molecule has 0 atom stereocenters. The van der Waals surface area contributed by atoms with Gasteiger partial charge in [0, 0.05) is 18.5 Å². The lowest BCUT2D eigenvalue weighted by atomic mass is 9.84. The Kier molecular flexibility index (Phi) is 5.09. The molecule has 0 radical (unpaired) electrons. The third-order valence-corrected chi connectivity index (χ3v) is 3.18. The maximum absolute atomic E-state index is 12.2. The van der Waals surface area contributed by atoms with E-state index < -0.39 is 0 Å². The van der Waals surface area contributed by atoms with E-state index in [2.05, 4.69) is 51.2 Å². The summed E-state index contributed by atoms with van der Waals surface area (Å²) in [5.74, 6) is 0.236. The number of hydrogen-bond acceptors (Lipinski definition) is 2. The van der Waals surface area contributed by atoms with Gasteiger partial charge in [0.2, 0.25) is 0 Å². The van der Waals surface area contributed by atoms with Crippen molar-refractivity contribution in [1.29, 1.82) is 0 Å². The van der Waals surface area contributed by atoms with Crippen molar-refractivity contribution in [3.05, 3.63) is 34.9 Å². The fourth-order valence-corrected chi connectivity index (χ4v) is 1.90. The van der Waals surface area contributed by atoms with Gasteiger partial charge in [-0.05, 0) is 36.1 Å². The predicted octanol–water partition coefficient (Wildman–Crippen LogP) is 3.47. The quantitative estimate of drug-likeness (QED) is 0.637. The van der Waals surface area contributed by atoms with E-state index in [0.717, 1.165) is 24.2 Å². The number of ketones is 1. The molecule has 0 amide bonds. The Morgan fingerprint density at radius 2 is 1.94 bits per heavy atom. The Balaban J connectivity index is 2.90. The van der Waals surface area contributed by atoms with Crippen LogP contribution in [0.1, 0.15) is 55.6 Å². The Labute approximate surface area is 111 Å². The third kappa shape index (κ3) is 3.95. The molecule has 100 valence electrons. The molecule has 0 aromatic heterocycles. The molecule has 2 heteroatoms. The molecule has 0 fully saturated rings. The minimum absolute atomic E-state index is 0.0877. The highest BCUT2D eigenvalue weighted by atomic mass is 16.1. The molecular weight excluding hydrogens is 222 g/mol. The van der Waals surface area contributed by atoms with E-state index in [9.17, 15) is 4.79 Å². The Bertz CT molecular complexity index is 416. The number of carbonyl (C=O) groups is 1. The smallest absolute Gasteiger partial charge is 0.164 e. The molecule has 0 heterocycles. The van der Waals surface area contributed by atoms with E-state index in [1.165, 1.54) is 5.56 Å². The van der Waals surface area contributed by atoms with Crippen LogP contribution in [0.4, 0.5) is 0 Å². The van der Waals surface area contributed by atoms with Crippen molar-refractivity contribution >= 4 is 5.78 Å². The molecule has 0 spiro atoms. The first kappa shape index (κ1) is 14.9. The molecule has 0 aliphatic carbocycles. The third-order valence-electron chi connectivity index (χ3n) is 3.18. The second kappa shape index (κ2) is 6.14. The van der Waals surface area contributed by atoms with Crippen LogP contribution in [0, 0.1) is 6.92 Å². The zero-order chi connectivity index (χ0) is 13.8. The van der Waals surface area contributed by atoms with Gasteiger partial charge in [-0.15, -0.1) is 0 Å². The van der Waals surface area contributed by atoms with Crippen LogP contribution in [-0.4, -0.2) is 18.9 Å². The van der Waals surface area contributed by atoms with Crippen molar-refractivity contribution in [3.63, 3.8) is 0 Å². The molecule has 0 saturated heterocycles. The molecule has 18 heavy (non-hydrogen) atoms. The fraction of sp³-hybridized carbons (Fsp3) is 0.562. The SMILES string of the molecule is CCNCCC(=O)c1cc(C(C)(C)C)ccc1C. The molecule has 0 bridgehead atoms. The highest BCUT2D eigenvalue weighted by Gasteiger charge is 2.17. The molecule has 1 N–H and O–H groups in total. The lowest BCUT2D eigenvalue weighted by Crippen LogP contribution is -2.19. The molecule has 1 rings (SSSR count). The van der Waals surface area contributed by atoms with Crippen molar-refractivity contribution in [2.45, 2.75) is 46.5 Å². The number of Topliss-reactive ketones (excluding diaryl/α,β-unsaturated/α-hetero) is 1. The van der Waals surface area contributed by atoms with Crippen LogP contribution in [-0.2, 0) is 5.41 Å². The van der Waals surface area contributed by atoms with Crippen molar-refractivity contribution in [2.24, 2.45) is 0 Å².